The van der Waals surface area contributed by atoms with Crippen molar-refractivity contribution in [2.75, 3.05) is 20.3 Å². The summed E-state index contributed by atoms with van der Waals surface area (Å²) in [6, 6.07) is 1.29. The number of amides is 1. The molecule has 1 N–H and O–H groups in total. The van der Waals surface area contributed by atoms with E-state index in [0.29, 0.717) is 25.6 Å². The first-order chi connectivity index (χ1) is 9.41. The van der Waals surface area contributed by atoms with Gasteiger partial charge in [0.05, 0.1) is 6.61 Å². The van der Waals surface area contributed by atoms with Crippen molar-refractivity contribution in [1.29, 1.82) is 0 Å². The Labute approximate surface area is 122 Å². The molecule has 0 saturated heterocycles. The second-order valence-corrected chi connectivity index (χ2v) is 7.40. The Kier molecular flexibility index (Phi) is 4.72. The molecule has 2 rings (SSSR count). The molecule has 0 aromatic carbocycles. The molecule has 1 aliphatic carbocycles. The summed E-state index contributed by atoms with van der Waals surface area (Å²) in [5.41, 5.74) is 0.280. The number of nitrogens with zero attached hydrogens (tertiary/aromatic N) is 1. The van der Waals surface area contributed by atoms with Gasteiger partial charge in [0.1, 0.15) is 10.6 Å². The first-order valence-electron chi connectivity index (χ1n) is 6.34. The lowest BCUT2D eigenvalue weighted by Gasteiger charge is -2.08. The molecule has 20 heavy (non-hydrogen) atoms. The van der Waals surface area contributed by atoms with Crippen molar-refractivity contribution in [2.24, 2.45) is 5.92 Å². The zero-order valence-electron chi connectivity index (χ0n) is 11.1. The first kappa shape index (κ1) is 15.3. The summed E-state index contributed by atoms with van der Waals surface area (Å²) in [7, 11) is 3.00. The van der Waals surface area contributed by atoms with Crippen LogP contribution < -0.4 is 5.32 Å². The van der Waals surface area contributed by atoms with Gasteiger partial charge in [0.2, 0.25) is 0 Å². The van der Waals surface area contributed by atoms with Crippen LogP contribution in [0.2, 0.25) is 0 Å². The Bertz CT molecular complexity index is 593. The van der Waals surface area contributed by atoms with Crippen LogP contribution in [0.15, 0.2) is 17.2 Å². The van der Waals surface area contributed by atoms with E-state index in [2.05, 4.69) is 5.32 Å². The van der Waals surface area contributed by atoms with Crippen molar-refractivity contribution in [3.05, 3.63) is 18.0 Å². The number of hydrogen-bond acceptors (Lipinski definition) is 4. The van der Waals surface area contributed by atoms with E-state index in [9.17, 15) is 13.2 Å². The molecule has 0 atom stereocenters. The molecule has 6 nitrogen and oxygen atoms in total. The SMILES string of the molecule is COCCn1cc(S(=O)(=O)Cl)cc1C(=O)NCC1CC1. The smallest absolute Gasteiger partial charge is 0.267 e. The van der Waals surface area contributed by atoms with E-state index >= 15 is 0 Å². The Hall–Kier alpha value is -1.05. The van der Waals surface area contributed by atoms with Crippen molar-refractivity contribution < 1.29 is 17.9 Å². The largest absolute Gasteiger partial charge is 0.383 e. The van der Waals surface area contributed by atoms with E-state index in [1.54, 1.807) is 4.57 Å². The number of nitrogens with one attached hydrogen (secondary N) is 1. The van der Waals surface area contributed by atoms with Gasteiger partial charge in [0, 0.05) is 37.1 Å². The minimum Gasteiger partial charge on any atom is -0.383 e. The minimum atomic E-state index is -3.85. The quantitative estimate of drug-likeness (QED) is 0.766. The lowest BCUT2D eigenvalue weighted by molar-refractivity contribution is 0.0939. The van der Waals surface area contributed by atoms with Gasteiger partial charge in [-0.25, -0.2) is 8.42 Å². The highest BCUT2D eigenvalue weighted by atomic mass is 35.7. The molecule has 1 amide bonds. The van der Waals surface area contributed by atoms with Crippen molar-refractivity contribution in [3.8, 4) is 0 Å². The van der Waals surface area contributed by atoms with Crippen LogP contribution in [-0.2, 0) is 20.3 Å². The first-order valence-corrected chi connectivity index (χ1v) is 8.64. The molecule has 1 aliphatic rings. The van der Waals surface area contributed by atoms with E-state index in [4.69, 9.17) is 15.4 Å². The molecule has 1 aromatic rings. The molecule has 1 saturated carbocycles. The van der Waals surface area contributed by atoms with Crippen LogP contribution in [0, 0.1) is 5.92 Å². The van der Waals surface area contributed by atoms with Gasteiger partial charge < -0.3 is 14.6 Å². The number of aromatic nitrogens is 1. The van der Waals surface area contributed by atoms with Gasteiger partial charge in [-0.1, -0.05) is 0 Å². The molecule has 0 radical (unpaired) electrons. The van der Waals surface area contributed by atoms with Crippen LogP contribution in [0.4, 0.5) is 0 Å². The summed E-state index contributed by atoms with van der Waals surface area (Å²) in [5, 5.41) is 2.80. The van der Waals surface area contributed by atoms with Crippen LogP contribution in [0.25, 0.3) is 0 Å². The highest BCUT2D eigenvalue weighted by Gasteiger charge is 2.24. The zero-order valence-corrected chi connectivity index (χ0v) is 12.7. The van der Waals surface area contributed by atoms with Crippen LogP contribution in [0.1, 0.15) is 23.3 Å². The number of halogens is 1. The standard InChI is InChI=1S/C12H17ClN2O4S/c1-19-5-4-15-8-10(20(13,17)18)6-11(15)12(16)14-7-9-2-3-9/h6,8-9H,2-5,7H2,1H3,(H,14,16). The molecule has 8 heteroatoms. The Morgan fingerprint density at radius 3 is 2.80 bits per heavy atom. The molecule has 0 unspecified atom stereocenters. The summed E-state index contributed by atoms with van der Waals surface area (Å²) in [4.78, 5) is 12.0. The third-order valence-corrected chi connectivity index (χ3v) is 4.49. The van der Waals surface area contributed by atoms with Gasteiger partial charge in [-0.3, -0.25) is 4.79 Å². The summed E-state index contributed by atoms with van der Waals surface area (Å²) in [6.45, 7) is 1.38. The van der Waals surface area contributed by atoms with Gasteiger partial charge in [0.15, 0.2) is 0 Å². The monoisotopic (exact) mass is 320 g/mol. The maximum absolute atomic E-state index is 12.1. The average Bonchev–Trinajstić information content (AvgIpc) is 3.09. The summed E-state index contributed by atoms with van der Waals surface area (Å²) in [6.07, 6.45) is 3.62. The minimum absolute atomic E-state index is 0.0770. The third-order valence-electron chi connectivity index (χ3n) is 3.17. The molecule has 0 bridgehead atoms. The summed E-state index contributed by atoms with van der Waals surface area (Å²) < 4.78 is 29.2. The van der Waals surface area contributed by atoms with Gasteiger partial charge in [-0.2, -0.15) is 0 Å². The van der Waals surface area contributed by atoms with E-state index in [0.717, 1.165) is 12.8 Å². The molecular formula is C12H17ClN2O4S. The van der Waals surface area contributed by atoms with Gasteiger partial charge in [-0.15, -0.1) is 0 Å². The second kappa shape index (κ2) is 6.15. The van der Waals surface area contributed by atoms with Gasteiger partial charge in [-0.05, 0) is 24.8 Å². The predicted molar refractivity (Wildman–Crippen MR) is 74.4 cm³/mol. The number of carbonyl (C=O) groups excluding carboxylic acids is 1. The zero-order chi connectivity index (χ0) is 14.8. The van der Waals surface area contributed by atoms with Gasteiger partial charge in [0.25, 0.3) is 15.0 Å². The Morgan fingerprint density at radius 2 is 2.25 bits per heavy atom. The maximum atomic E-state index is 12.1. The fourth-order valence-electron chi connectivity index (χ4n) is 1.83. The topological polar surface area (TPSA) is 77.4 Å². The van der Waals surface area contributed by atoms with Crippen molar-refractivity contribution in [3.63, 3.8) is 0 Å². The lowest BCUT2D eigenvalue weighted by Crippen LogP contribution is -2.28. The number of hydrogen-bond donors (Lipinski definition) is 1. The maximum Gasteiger partial charge on any atom is 0.267 e. The van der Waals surface area contributed by atoms with Crippen LogP contribution in [-0.4, -0.2) is 39.2 Å². The van der Waals surface area contributed by atoms with E-state index in [1.807, 2.05) is 0 Å². The van der Waals surface area contributed by atoms with Gasteiger partial charge >= 0.3 is 0 Å². The van der Waals surface area contributed by atoms with Crippen molar-refractivity contribution in [2.45, 2.75) is 24.3 Å². The molecule has 0 spiro atoms. The highest BCUT2D eigenvalue weighted by Crippen LogP contribution is 2.27. The molecule has 0 aliphatic heterocycles. The van der Waals surface area contributed by atoms with E-state index in [1.165, 1.54) is 19.4 Å². The third kappa shape index (κ3) is 3.97. The van der Waals surface area contributed by atoms with Crippen molar-refractivity contribution >= 4 is 25.6 Å². The molecule has 1 heterocycles. The Balaban J connectivity index is 2.18. The number of ether oxygens (including phenoxy) is 1. The fraction of sp³-hybridized carbons (Fsp3) is 0.583. The molecule has 1 fully saturated rings. The number of rotatable bonds is 7. The summed E-state index contributed by atoms with van der Waals surface area (Å²) in [5.74, 6) is 0.261. The van der Waals surface area contributed by atoms with Crippen molar-refractivity contribution in [1.82, 2.24) is 9.88 Å². The van der Waals surface area contributed by atoms with E-state index in [-0.39, 0.29) is 16.5 Å². The summed E-state index contributed by atoms with van der Waals surface area (Å²) >= 11 is 0. The number of carbonyl (C=O) groups is 1. The average molecular weight is 321 g/mol. The van der Waals surface area contributed by atoms with E-state index < -0.39 is 9.05 Å². The lowest BCUT2D eigenvalue weighted by atomic mass is 10.3. The normalized spacial score (nSPS) is 15.3. The molecule has 112 valence electrons. The van der Waals surface area contributed by atoms with Crippen LogP contribution in [0.3, 0.4) is 0 Å². The number of methoxy groups -OCH3 is 1. The molecule has 1 aromatic heterocycles. The highest BCUT2D eigenvalue weighted by molar-refractivity contribution is 8.13. The predicted octanol–water partition coefficient (Wildman–Crippen LogP) is 1.20. The Morgan fingerprint density at radius 1 is 1.55 bits per heavy atom. The second-order valence-electron chi connectivity index (χ2n) is 4.84. The fourth-order valence-corrected chi connectivity index (χ4v) is 2.59. The molecular weight excluding hydrogens is 304 g/mol. The van der Waals surface area contributed by atoms with Crippen LogP contribution >= 0.6 is 10.7 Å². The van der Waals surface area contributed by atoms with Crippen LogP contribution in [0.5, 0.6) is 0 Å².